The summed E-state index contributed by atoms with van der Waals surface area (Å²) in [6, 6.07) is 13.1. The Morgan fingerprint density at radius 1 is 1.05 bits per heavy atom. The van der Waals surface area contributed by atoms with Crippen LogP contribution >= 0.6 is 11.8 Å². The number of rotatable bonds is 3. The minimum atomic E-state index is 0.106. The standard InChI is InChI=1S/C17H18OS/c1-12-5-8-17(15(9-12)11-18)19-16-7-6-13-3-2-4-14(13)10-16/h5-10,18H,2-4,11H2,1H3. The van der Waals surface area contributed by atoms with Crippen LogP contribution in [0.3, 0.4) is 0 Å². The predicted molar refractivity (Wildman–Crippen MR) is 79.7 cm³/mol. The quantitative estimate of drug-likeness (QED) is 0.905. The van der Waals surface area contributed by atoms with E-state index in [-0.39, 0.29) is 6.61 Å². The molecule has 1 aliphatic carbocycles. The summed E-state index contributed by atoms with van der Waals surface area (Å²) < 4.78 is 0. The van der Waals surface area contributed by atoms with Crippen molar-refractivity contribution >= 4 is 11.8 Å². The van der Waals surface area contributed by atoms with E-state index in [1.54, 1.807) is 11.8 Å². The van der Waals surface area contributed by atoms with Gasteiger partial charge >= 0.3 is 0 Å². The first kappa shape index (κ1) is 12.8. The van der Waals surface area contributed by atoms with Crippen molar-refractivity contribution in [3.05, 3.63) is 58.7 Å². The van der Waals surface area contributed by atoms with Gasteiger partial charge in [0.05, 0.1) is 6.61 Å². The van der Waals surface area contributed by atoms with E-state index in [1.807, 2.05) is 0 Å². The largest absolute Gasteiger partial charge is 0.392 e. The summed E-state index contributed by atoms with van der Waals surface area (Å²) in [4.78, 5) is 2.44. The molecule has 1 nitrogen and oxygen atoms in total. The SMILES string of the molecule is Cc1ccc(Sc2ccc3c(c2)CCC3)c(CO)c1. The maximum Gasteiger partial charge on any atom is 0.0692 e. The fourth-order valence-corrected chi connectivity index (χ4v) is 3.65. The van der Waals surface area contributed by atoms with E-state index in [0.717, 1.165) is 10.5 Å². The minimum Gasteiger partial charge on any atom is -0.392 e. The highest BCUT2D eigenvalue weighted by molar-refractivity contribution is 7.99. The normalized spacial score (nSPS) is 13.6. The Morgan fingerprint density at radius 3 is 2.74 bits per heavy atom. The van der Waals surface area contributed by atoms with E-state index < -0.39 is 0 Å². The molecule has 0 aromatic heterocycles. The van der Waals surface area contributed by atoms with Crippen molar-refractivity contribution in [1.82, 2.24) is 0 Å². The second-order valence-corrected chi connectivity index (χ2v) is 6.27. The molecule has 1 aliphatic rings. The molecule has 98 valence electrons. The first-order chi connectivity index (χ1) is 9.26. The van der Waals surface area contributed by atoms with Crippen LogP contribution in [0.25, 0.3) is 0 Å². The summed E-state index contributed by atoms with van der Waals surface area (Å²) in [5.74, 6) is 0. The van der Waals surface area contributed by atoms with E-state index in [4.69, 9.17) is 0 Å². The summed E-state index contributed by atoms with van der Waals surface area (Å²) in [6.45, 7) is 2.16. The van der Waals surface area contributed by atoms with Crippen molar-refractivity contribution in [2.24, 2.45) is 0 Å². The molecule has 0 bridgehead atoms. The van der Waals surface area contributed by atoms with Crippen molar-refractivity contribution in [2.75, 3.05) is 0 Å². The first-order valence-corrected chi connectivity index (χ1v) is 7.58. The highest BCUT2D eigenvalue weighted by atomic mass is 32.2. The molecule has 2 aromatic carbocycles. The first-order valence-electron chi connectivity index (χ1n) is 6.76. The highest BCUT2D eigenvalue weighted by Crippen LogP contribution is 2.34. The van der Waals surface area contributed by atoms with Crippen LogP contribution in [0, 0.1) is 6.92 Å². The molecular formula is C17H18OS. The van der Waals surface area contributed by atoms with E-state index >= 15 is 0 Å². The Kier molecular flexibility index (Phi) is 3.63. The highest BCUT2D eigenvalue weighted by Gasteiger charge is 2.12. The molecule has 0 saturated carbocycles. The smallest absolute Gasteiger partial charge is 0.0692 e. The summed E-state index contributed by atoms with van der Waals surface area (Å²) >= 11 is 1.75. The van der Waals surface area contributed by atoms with Gasteiger partial charge in [-0.1, -0.05) is 35.5 Å². The van der Waals surface area contributed by atoms with Gasteiger partial charge < -0.3 is 5.11 Å². The van der Waals surface area contributed by atoms with Gasteiger partial charge in [0.25, 0.3) is 0 Å². The van der Waals surface area contributed by atoms with Gasteiger partial charge in [0.15, 0.2) is 0 Å². The molecule has 2 heteroatoms. The number of aliphatic hydroxyl groups is 1. The van der Waals surface area contributed by atoms with Crippen molar-refractivity contribution in [1.29, 1.82) is 0 Å². The molecule has 0 amide bonds. The Hall–Kier alpha value is -1.25. The van der Waals surface area contributed by atoms with Gasteiger partial charge in [-0.15, -0.1) is 0 Å². The van der Waals surface area contributed by atoms with Gasteiger partial charge in [-0.25, -0.2) is 0 Å². The van der Waals surface area contributed by atoms with Crippen LogP contribution in [-0.4, -0.2) is 5.11 Å². The molecular weight excluding hydrogens is 252 g/mol. The average Bonchev–Trinajstić information content (AvgIpc) is 2.88. The van der Waals surface area contributed by atoms with Crippen molar-refractivity contribution in [3.63, 3.8) is 0 Å². The van der Waals surface area contributed by atoms with Gasteiger partial charge in [-0.05, 0) is 61.1 Å². The third-order valence-electron chi connectivity index (χ3n) is 3.68. The number of aryl methyl sites for hydroxylation is 3. The van der Waals surface area contributed by atoms with Crippen molar-refractivity contribution in [2.45, 2.75) is 42.6 Å². The van der Waals surface area contributed by atoms with Gasteiger partial charge in [-0.2, -0.15) is 0 Å². The molecule has 2 aromatic rings. The summed E-state index contributed by atoms with van der Waals surface area (Å²) in [5.41, 5.74) is 5.23. The number of hydrogen-bond acceptors (Lipinski definition) is 2. The minimum absolute atomic E-state index is 0.106. The van der Waals surface area contributed by atoms with Crippen LogP contribution in [-0.2, 0) is 19.4 Å². The Morgan fingerprint density at radius 2 is 1.89 bits per heavy atom. The van der Waals surface area contributed by atoms with Crippen molar-refractivity contribution < 1.29 is 5.11 Å². The molecule has 0 atom stereocenters. The zero-order valence-electron chi connectivity index (χ0n) is 11.1. The fourth-order valence-electron chi connectivity index (χ4n) is 2.67. The molecule has 0 heterocycles. The molecule has 0 radical (unpaired) electrons. The van der Waals surface area contributed by atoms with Crippen LogP contribution in [0.4, 0.5) is 0 Å². The van der Waals surface area contributed by atoms with Crippen LogP contribution in [0.1, 0.15) is 28.7 Å². The van der Waals surface area contributed by atoms with Gasteiger partial charge in [0.1, 0.15) is 0 Å². The molecule has 19 heavy (non-hydrogen) atoms. The molecule has 0 saturated heterocycles. The zero-order chi connectivity index (χ0) is 13.2. The number of benzene rings is 2. The molecule has 3 rings (SSSR count). The predicted octanol–water partition coefficient (Wildman–Crippen LogP) is 4.13. The lowest BCUT2D eigenvalue weighted by Gasteiger charge is -2.09. The van der Waals surface area contributed by atoms with Crippen LogP contribution in [0.2, 0.25) is 0 Å². The monoisotopic (exact) mass is 270 g/mol. The number of aliphatic hydroxyl groups excluding tert-OH is 1. The third kappa shape index (κ3) is 2.70. The maximum absolute atomic E-state index is 9.46. The van der Waals surface area contributed by atoms with Crippen LogP contribution < -0.4 is 0 Å². The molecule has 0 unspecified atom stereocenters. The Bertz CT molecular complexity index is 604. The van der Waals surface area contributed by atoms with Gasteiger partial charge in [0, 0.05) is 9.79 Å². The fraction of sp³-hybridized carbons (Fsp3) is 0.294. The van der Waals surface area contributed by atoms with Crippen LogP contribution in [0.15, 0.2) is 46.2 Å². The molecule has 0 fully saturated rings. The molecule has 1 N–H and O–H groups in total. The second-order valence-electron chi connectivity index (χ2n) is 5.16. The molecule has 0 aliphatic heterocycles. The molecule has 0 spiro atoms. The van der Waals surface area contributed by atoms with E-state index in [2.05, 4.69) is 43.3 Å². The number of fused-ring (bicyclic) bond motifs is 1. The van der Waals surface area contributed by atoms with E-state index in [1.165, 1.54) is 40.8 Å². The lowest BCUT2D eigenvalue weighted by Crippen LogP contribution is -1.89. The summed E-state index contributed by atoms with van der Waals surface area (Å²) in [6.07, 6.45) is 3.73. The Labute approximate surface area is 118 Å². The third-order valence-corrected chi connectivity index (χ3v) is 4.79. The lowest BCUT2D eigenvalue weighted by atomic mass is 10.1. The Balaban J connectivity index is 1.89. The zero-order valence-corrected chi connectivity index (χ0v) is 12.0. The van der Waals surface area contributed by atoms with Crippen LogP contribution in [0.5, 0.6) is 0 Å². The van der Waals surface area contributed by atoms with E-state index in [9.17, 15) is 5.11 Å². The van der Waals surface area contributed by atoms with Gasteiger partial charge in [-0.3, -0.25) is 0 Å². The van der Waals surface area contributed by atoms with E-state index in [0.29, 0.717) is 0 Å². The van der Waals surface area contributed by atoms with Gasteiger partial charge in [0.2, 0.25) is 0 Å². The number of hydrogen-bond donors (Lipinski definition) is 1. The van der Waals surface area contributed by atoms with Crippen molar-refractivity contribution in [3.8, 4) is 0 Å². The maximum atomic E-state index is 9.46. The summed E-state index contributed by atoms with van der Waals surface area (Å²) in [5, 5.41) is 9.46. The second kappa shape index (κ2) is 5.40. The summed E-state index contributed by atoms with van der Waals surface area (Å²) in [7, 11) is 0. The average molecular weight is 270 g/mol. The lowest BCUT2D eigenvalue weighted by molar-refractivity contribution is 0.279. The topological polar surface area (TPSA) is 20.2 Å².